The predicted octanol–water partition coefficient (Wildman–Crippen LogP) is 9.70. The molecule has 0 bridgehead atoms. The molecule has 0 amide bonds. The molecule has 336 valence electrons. The lowest BCUT2D eigenvalue weighted by Crippen LogP contribution is -2.55. The van der Waals surface area contributed by atoms with E-state index in [-0.39, 0.29) is 23.9 Å². The maximum absolute atomic E-state index is 15.7. The summed E-state index contributed by atoms with van der Waals surface area (Å²) in [6.45, 7) is 12.0. The first-order valence-electron chi connectivity index (χ1n) is 23.0. The quantitative estimate of drug-likeness (QED) is 0.0928. The van der Waals surface area contributed by atoms with Crippen molar-refractivity contribution in [2.24, 2.45) is 0 Å². The Kier molecular flexibility index (Phi) is 14.1. The Morgan fingerprint density at radius 2 is 0.875 bits per heavy atom. The first kappa shape index (κ1) is 44.9. The number of carbonyl (C=O) groups is 1. The van der Waals surface area contributed by atoms with Crippen molar-refractivity contribution in [2.75, 3.05) is 54.6 Å². The van der Waals surface area contributed by atoms with E-state index in [9.17, 15) is 0 Å². The molecule has 0 radical (unpaired) electrons. The number of ether oxygens (including phenoxy) is 4. The lowest BCUT2D eigenvalue weighted by Gasteiger charge is -2.42. The number of ketones is 1. The Bertz CT molecular complexity index is 2350. The molecule has 4 aromatic carbocycles. The SMILES string of the molecule is COc1cc2ncnc(C3CCN(C(Cc4ccc(C(C)C)cc4)C(=O)C(Cc4ccc(C(C)C)cc4)N4CCC(c5ncnc6cc(OC)c(OC)cc56)CC4)CC3)c2cc1OC. The van der Waals surface area contributed by atoms with E-state index in [4.69, 9.17) is 28.9 Å². The number of Topliss-reactive ketones (excluding diaryl/α,β-unsaturated/α-hetero) is 1. The number of piperidine rings is 2. The second kappa shape index (κ2) is 20.0. The van der Waals surface area contributed by atoms with Gasteiger partial charge in [0, 0.05) is 34.7 Å². The largest absolute Gasteiger partial charge is 0.493 e. The number of likely N-dealkylation sites (tertiary alicyclic amines) is 2. The van der Waals surface area contributed by atoms with Gasteiger partial charge in [-0.1, -0.05) is 76.2 Å². The van der Waals surface area contributed by atoms with E-state index in [2.05, 4.69) is 96.0 Å². The third kappa shape index (κ3) is 9.56. The average Bonchev–Trinajstić information content (AvgIpc) is 3.33. The topological polar surface area (TPSA) is 112 Å². The molecule has 11 nitrogen and oxygen atoms in total. The van der Waals surface area contributed by atoms with Crippen LogP contribution in [-0.4, -0.2) is 102 Å². The fourth-order valence-electron chi connectivity index (χ4n) is 9.99. The van der Waals surface area contributed by atoms with Gasteiger partial charge in [-0.15, -0.1) is 0 Å². The highest BCUT2D eigenvalue weighted by Crippen LogP contribution is 2.40. The second-order valence-electron chi connectivity index (χ2n) is 18.2. The minimum Gasteiger partial charge on any atom is -0.493 e. The summed E-state index contributed by atoms with van der Waals surface area (Å²) >= 11 is 0. The van der Waals surface area contributed by atoms with Crippen LogP contribution in [-0.2, 0) is 17.6 Å². The van der Waals surface area contributed by atoms with E-state index in [1.54, 1.807) is 41.1 Å². The van der Waals surface area contributed by atoms with Gasteiger partial charge in [-0.05, 0) is 111 Å². The molecule has 2 fully saturated rings. The predicted molar refractivity (Wildman–Crippen MR) is 253 cm³/mol. The number of methoxy groups -OCH3 is 4. The van der Waals surface area contributed by atoms with E-state index in [1.807, 2.05) is 24.3 Å². The van der Waals surface area contributed by atoms with Crippen LogP contribution in [0.15, 0.2) is 85.5 Å². The van der Waals surface area contributed by atoms with Crippen LogP contribution in [0.2, 0.25) is 0 Å². The highest BCUT2D eigenvalue weighted by molar-refractivity contribution is 5.90. The normalized spacial score (nSPS) is 16.7. The number of rotatable bonds is 16. The van der Waals surface area contributed by atoms with Crippen molar-refractivity contribution in [3.63, 3.8) is 0 Å². The van der Waals surface area contributed by atoms with E-state index in [0.717, 1.165) is 85.1 Å². The lowest BCUT2D eigenvalue weighted by atomic mass is 9.85. The van der Waals surface area contributed by atoms with Crippen LogP contribution in [0.5, 0.6) is 23.0 Å². The van der Waals surface area contributed by atoms with Crippen molar-refractivity contribution in [3.8, 4) is 23.0 Å². The number of hydrogen-bond donors (Lipinski definition) is 0. The van der Waals surface area contributed by atoms with Crippen molar-refractivity contribution in [3.05, 3.63) is 119 Å². The highest BCUT2D eigenvalue weighted by Gasteiger charge is 2.39. The Hall–Kier alpha value is -5.65. The van der Waals surface area contributed by atoms with Gasteiger partial charge in [0.05, 0.1) is 62.9 Å². The average molecular weight is 865 g/mol. The summed E-state index contributed by atoms with van der Waals surface area (Å²) in [6, 6.07) is 25.2. The van der Waals surface area contributed by atoms with E-state index < -0.39 is 0 Å². The van der Waals surface area contributed by atoms with E-state index in [0.29, 0.717) is 53.5 Å². The summed E-state index contributed by atoms with van der Waals surface area (Å²) in [5.41, 5.74) is 8.71. The molecular formula is C53H64N6O5. The summed E-state index contributed by atoms with van der Waals surface area (Å²) in [5, 5.41) is 1.97. The van der Waals surface area contributed by atoms with Crippen LogP contribution < -0.4 is 18.9 Å². The van der Waals surface area contributed by atoms with Crippen LogP contribution in [0.1, 0.15) is 111 Å². The van der Waals surface area contributed by atoms with Gasteiger partial charge < -0.3 is 18.9 Å². The first-order chi connectivity index (χ1) is 31.1. The number of aromatic nitrogens is 4. The fraction of sp³-hybridized carbons (Fsp3) is 0.453. The number of benzene rings is 4. The molecule has 2 aliphatic rings. The molecule has 2 aliphatic heterocycles. The van der Waals surface area contributed by atoms with Gasteiger partial charge in [0.15, 0.2) is 28.8 Å². The molecule has 64 heavy (non-hydrogen) atoms. The van der Waals surface area contributed by atoms with Crippen LogP contribution in [0, 0.1) is 0 Å². The van der Waals surface area contributed by atoms with Crippen LogP contribution in [0.4, 0.5) is 0 Å². The zero-order chi connectivity index (χ0) is 44.9. The minimum atomic E-state index is -0.289. The van der Waals surface area contributed by atoms with E-state index in [1.165, 1.54) is 22.3 Å². The first-order valence-corrected chi connectivity index (χ1v) is 23.0. The van der Waals surface area contributed by atoms with Gasteiger partial charge in [0.1, 0.15) is 12.7 Å². The Morgan fingerprint density at radius 3 is 1.20 bits per heavy atom. The van der Waals surface area contributed by atoms with Crippen molar-refractivity contribution < 1.29 is 23.7 Å². The van der Waals surface area contributed by atoms with Gasteiger partial charge in [-0.25, -0.2) is 19.9 Å². The minimum absolute atomic E-state index is 0.217. The summed E-state index contributed by atoms with van der Waals surface area (Å²) in [4.78, 5) is 39.6. The zero-order valence-electron chi connectivity index (χ0n) is 38.8. The third-order valence-corrected chi connectivity index (χ3v) is 13.9. The Labute approximate surface area is 378 Å². The van der Waals surface area contributed by atoms with Crippen molar-refractivity contribution in [1.29, 1.82) is 0 Å². The van der Waals surface area contributed by atoms with Crippen LogP contribution in [0.3, 0.4) is 0 Å². The number of fused-ring (bicyclic) bond motifs is 2. The van der Waals surface area contributed by atoms with E-state index >= 15 is 4.79 Å². The molecule has 6 aromatic rings. The summed E-state index contributed by atoms with van der Waals surface area (Å²) in [7, 11) is 6.60. The maximum Gasteiger partial charge on any atom is 0.167 e. The number of carbonyl (C=O) groups excluding carboxylic acids is 1. The summed E-state index contributed by atoms with van der Waals surface area (Å²) < 4.78 is 22.6. The molecule has 0 spiro atoms. The maximum atomic E-state index is 15.7. The lowest BCUT2D eigenvalue weighted by molar-refractivity contribution is -0.130. The summed E-state index contributed by atoms with van der Waals surface area (Å²) in [6.07, 6.45) is 8.16. The number of nitrogens with zero attached hydrogens (tertiary/aromatic N) is 6. The Balaban J connectivity index is 1.09. The van der Waals surface area contributed by atoms with Crippen LogP contribution >= 0.6 is 0 Å². The van der Waals surface area contributed by atoms with Gasteiger partial charge in [0.25, 0.3) is 0 Å². The van der Waals surface area contributed by atoms with Gasteiger partial charge >= 0.3 is 0 Å². The Morgan fingerprint density at radius 1 is 0.531 bits per heavy atom. The molecule has 0 N–H and O–H groups in total. The molecule has 2 unspecified atom stereocenters. The van der Waals surface area contributed by atoms with Crippen LogP contribution in [0.25, 0.3) is 21.8 Å². The molecule has 2 aromatic heterocycles. The van der Waals surface area contributed by atoms with Crippen molar-refractivity contribution in [2.45, 2.75) is 102 Å². The third-order valence-electron chi connectivity index (χ3n) is 13.9. The summed E-state index contributed by atoms with van der Waals surface area (Å²) in [5.74, 6) is 4.23. The zero-order valence-corrected chi connectivity index (χ0v) is 38.8. The van der Waals surface area contributed by atoms with Crippen molar-refractivity contribution in [1.82, 2.24) is 29.7 Å². The molecule has 2 saturated heterocycles. The number of hydrogen-bond acceptors (Lipinski definition) is 11. The molecule has 0 saturated carbocycles. The smallest absolute Gasteiger partial charge is 0.167 e. The second-order valence-corrected chi connectivity index (χ2v) is 18.2. The molecule has 8 rings (SSSR count). The molecule has 11 heteroatoms. The molecule has 2 atom stereocenters. The molecule has 4 heterocycles. The molecular weight excluding hydrogens is 801 g/mol. The standard InChI is InChI=1S/C53H64N6O5/c1-33(2)37-13-9-35(10-14-37)25-45(58-21-17-39(18-22-58)51-41-27-47(61-5)49(63-7)29-43(41)54-31-56-51)53(60)46(26-36-11-15-38(16-12-36)34(3)4)59-23-19-40(20-24-59)52-42-28-48(62-6)50(64-8)30-44(42)55-32-57-52/h9-16,27-34,39-40,45-46H,17-26H2,1-8H3. The fourth-order valence-corrected chi connectivity index (χ4v) is 9.99. The highest BCUT2D eigenvalue weighted by atomic mass is 16.5. The molecule has 0 aliphatic carbocycles. The van der Waals surface area contributed by atoms with Gasteiger partial charge in [-0.2, -0.15) is 0 Å². The van der Waals surface area contributed by atoms with Gasteiger partial charge in [-0.3, -0.25) is 14.6 Å². The van der Waals surface area contributed by atoms with Gasteiger partial charge in [0.2, 0.25) is 0 Å². The monoisotopic (exact) mass is 864 g/mol. The van der Waals surface area contributed by atoms with Crippen molar-refractivity contribution >= 4 is 27.6 Å².